The van der Waals surface area contributed by atoms with Crippen LogP contribution >= 0.6 is 11.8 Å². The second kappa shape index (κ2) is 7.55. The maximum Gasteiger partial charge on any atom is 0.305 e. The predicted octanol–water partition coefficient (Wildman–Crippen LogP) is 0.832. The Hall–Kier alpha value is -0.750. The molecule has 0 aromatic carbocycles. The fraction of sp³-hybridized carbons (Fsp3) is 0.818. The van der Waals surface area contributed by atoms with Gasteiger partial charge in [0.15, 0.2) is 0 Å². The van der Waals surface area contributed by atoms with Crippen LogP contribution in [-0.2, 0) is 14.3 Å². The van der Waals surface area contributed by atoms with E-state index in [1.807, 2.05) is 6.26 Å². The molecule has 5 nitrogen and oxygen atoms in total. The van der Waals surface area contributed by atoms with Crippen LogP contribution in [0.2, 0.25) is 0 Å². The third-order valence-electron chi connectivity index (χ3n) is 2.70. The fourth-order valence-corrected chi connectivity index (χ4v) is 2.30. The molecule has 0 bridgehead atoms. The summed E-state index contributed by atoms with van der Waals surface area (Å²) in [4.78, 5) is 24.3. The van der Waals surface area contributed by atoms with Gasteiger partial charge in [-0.2, -0.15) is 11.8 Å². The van der Waals surface area contributed by atoms with Crippen LogP contribution in [0.3, 0.4) is 0 Å². The van der Waals surface area contributed by atoms with Crippen LogP contribution in [0.25, 0.3) is 0 Å². The van der Waals surface area contributed by atoms with Gasteiger partial charge in [0.1, 0.15) is 0 Å². The van der Waals surface area contributed by atoms with E-state index in [0.717, 1.165) is 12.2 Å². The van der Waals surface area contributed by atoms with E-state index in [1.54, 1.807) is 16.7 Å². The average Bonchev–Trinajstić information content (AvgIpc) is 2.29. The molecule has 1 aliphatic rings. The summed E-state index contributed by atoms with van der Waals surface area (Å²) >= 11 is 1.71. The number of carbonyl (C=O) groups excluding carboxylic acids is 1. The highest BCUT2D eigenvalue weighted by Crippen LogP contribution is 2.13. The van der Waals surface area contributed by atoms with Gasteiger partial charge in [-0.25, -0.2) is 0 Å². The third kappa shape index (κ3) is 4.95. The molecule has 1 fully saturated rings. The molecule has 0 aromatic heterocycles. The molecular formula is C11H19NO4S. The molecule has 1 unspecified atom stereocenters. The van der Waals surface area contributed by atoms with Crippen molar-refractivity contribution in [1.29, 1.82) is 0 Å². The second-order valence-electron chi connectivity index (χ2n) is 4.01. The smallest absolute Gasteiger partial charge is 0.305 e. The van der Waals surface area contributed by atoms with Crippen molar-refractivity contribution in [2.45, 2.75) is 25.3 Å². The molecule has 0 aliphatic carbocycles. The molecule has 17 heavy (non-hydrogen) atoms. The van der Waals surface area contributed by atoms with Gasteiger partial charge in [-0.1, -0.05) is 0 Å². The first-order chi connectivity index (χ1) is 8.15. The van der Waals surface area contributed by atoms with Gasteiger partial charge in [0.25, 0.3) is 0 Å². The minimum Gasteiger partial charge on any atom is -0.481 e. The molecule has 1 aliphatic heterocycles. The van der Waals surface area contributed by atoms with E-state index in [1.165, 1.54) is 0 Å². The van der Waals surface area contributed by atoms with Gasteiger partial charge < -0.3 is 14.7 Å². The third-order valence-corrected chi connectivity index (χ3v) is 3.39. The molecule has 1 atom stereocenters. The minimum atomic E-state index is -0.887. The molecule has 1 heterocycles. The Bertz CT molecular complexity index is 272. The van der Waals surface area contributed by atoms with E-state index < -0.39 is 5.97 Å². The van der Waals surface area contributed by atoms with Crippen molar-refractivity contribution in [2.24, 2.45) is 0 Å². The van der Waals surface area contributed by atoms with E-state index in [2.05, 4.69) is 0 Å². The number of carboxylic acids is 1. The van der Waals surface area contributed by atoms with Crippen LogP contribution in [0.5, 0.6) is 0 Å². The van der Waals surface area contributed by atoms with Gasteiger partial charge in [0, 0.05) is 13.0 Å². The van der Waals surface area contributed by atoms with Crippen LogP contribution in [-0.4, -0.2) is 59.7 Å². The van der Waals surface area contributed by atoms with Crippen molar-refractivity contribution in [3.05, 3.63) is 0 Å². The maximum absolute atomic E-state index is 11.9. The summed E-state index contributed by atoms with van der Waals surface area (Å²) in [5.74, 6) is 0.121. The van der Waals surface area contributed by atoms with Crippen molar-refractivity contribution >= 4 is 23.6 Å². The summed E-state index contributed by atoms with van der Waals surface area (Å²) < 4.78 is 5.23. The highest BCUT2D eigenvalue weighted by molar-refractivity contribution is 7.98. The van der Waals surface area contributed by atoms with Gasteiger partial charge >= 0.3 is 5.97 Å². The number of carbonyl (C=O) groups is 2. The summed E-state index contributed by atoms with van der Waals surface area (Å²) in [6.45, 7) is 1.35. The summed E-state index contributed by atoms with van der Waals surface area (Å²) in [5, 5.41) is 8.78. The molecule has 98 valence electrons. The Morgan fingerprint density at radius 3 is 2.94 bits per heavy atom. The number of carboxylic acid groups (broad SMARTS) is 1. The topological polar surface area (TPSA) is 66.8 Å². The Balaban J connectivity index is 2.45. The van der Waals surface area contributed by atoms with Gasteiger partial charge in [-0.3, -0.25) is 9.59 Å². The van der Waals surface area contributed by atoms with Crippen molar-refractivity contribution in [3.63, 3.8) is 0 Å². The zero-order valence-corrected chi connectivity index (χ0v) is 10.9. The molecule has 6 heteroatoms. The maximum atomic E-state index is 11.9. The predicted molar refractivity (Wildman–Crippen MR) is 66.2 cm³/mol. The second-order valence-corrected chi connectivity index (χ2v) is 5.00. The number of hydrogen-bond donors (Lipinski definition) is 1. The molecular weight excluding hydrogens is 242 g/mol. The number of morpholine rings is 1. The largest absolute Gasteiger partial charge is 0.481 e. The van der Waals surface area contributed by atoms with E-state index in [4.69, 9.17) is 9.84 Å². The molecule has 0 radical (unpaired) electrons. The molecule has 1 N–H and O–H groups in total. The Morgan fingerprint density at radius 2 is 2.29 bits per heavy atom. The van der Waals surface area contributed by atoms with Crippen LogP contribution in [0.4, 0.5) is 0 Å². The average molecular weight is 261 g/mol. The Labute approximate surface area is 105 Å². The highest BCUT2D eigenvalue weighted by atomic mass is 32.2. The van der Waals surface area contributed by atoms with Gasteiger partial charge in [0.2, 0.25) is 5.91 Å². The normalized spacial score (nSPS) is 20.3. The molecule has 0 aromatic rings. The SMILES string of the molecule is CSCCCC(=O)N1CCOCC1CC(=O)O. The minimum absolute atomic E-state index is 0.0335. The number of hydrogen-bond acceptors (Lipinski definition) is 4. The first-order valence-electron chi connectivity index (χ1n) is 5.73. The summed E-state index contributed by atoms with van der Waals surface area (Å²) in [6, 6.07) is -0.303. The van der Waals surface area contributed by atoms with Crippen LogP contribution in [0.15, 0.2) is 0 Å². The monoisotopic (exact) mass is 261 g/mol. The summed E-state index contributed by atoms with van der Waals surface area (Å²) in [6.07, 6.45) is 3.31. The number of aliphatic carboxylic acids is 1. The standard InChI is InChI=1S/C11H19NO4S/c1-17-6-2-3-10(13)12-4-5-16-8-9(12)7-11(14)15/h9H,2-8H2,1H3,(H,14,15). The van der Waals surface area contributed by atoms with Crippen molar-refractivity contribution in [3.8, 4) is 0 Å². The zero-order chi connectivity index (χ0) is 12.7. The number of nitrogens with zero attached hydrogens (tertiary/aromatic N) is 1. The highest BCUT2D eigenvalue weighted by Gasteiger charge is 2.28. The molecule has 0 spiro atoms. The van der Waals surface area contributed by atoms with Crippen LogP contribution in [0, 0.1) is 0 Å². The number of rotatable bonds is 6. The van der Waals surface area contributed by atoms with Crippen molar-refractivity contribution in [1.82, 2.24) is 4.90 Å². The Morgan fingerprint density at radius 1 is 1.53 bits per heavy atom. The van der Waals surface area contributed by atoms with Crippen molar-refractivity contribution in [2.75, 3.05) is 31.8 Å². The molecule has 1 amide bonds. The van der Waals surface area contributed by atoms with Crippen LogP contribution in [0.1, 0.15) is 19.3 Å². The summed E-state index contributed by atoms with van der Waals surface area (Å²) in [5.41, 5.74) is 0. The van der Waals surface area contributed by atoms with E-state index in [-0.39, 0.29) is 18.4 Å². The van der Waals surface area contributed by atoms with E-state index in [9.17, 15) is 9.59 Å². The van der Waals surface area contributed by atoms with Crippen molar-refractivity contribution < 1.29 is 19.4 Å². The Kier molecular flexibility index (Phi) is 6.36. The fourth-order valence-electron chi connectivity index (χ4n) is 1.87. The molecule has 1 saturated heterocycles. The van der Waals surface area contributed by atoms with Gasteiger partial charge in [-0.15, -0.1) is 0 Å². The quantitative estimate of drug-likeness (QED) is 0.717. The lowest BCUT2D eigenvalue weighted by Gasteiger charge is -2.34. The van der Waals surface area contributed by atoms with E-state index >= 15 is 0 Å². The lowest BCUT2D eigenvalue weighted by molar-refractivity contribution is -0.146. The van der Waals surface area contributed by atoms with Crippen LogP contribution < -0.4 is 0 Å². The molecule has 1 rings (SSSR count). The summed E-state index contributed by atoms with van der Waals surface area (Å²) in [7, 11) is 0. The number of amides is 1. The first kappa shape index (κ1) is 14.3. The molecule has 0 saturated carbocycles. The first-order valence-corrected chi connectivity index (χ1v) is 7.12. The van der Waals surface area contributed by atoms with E-state index in [0.29, 0.717) is 26.2 Å². The number of thioether (sulfide) groups is 1. The lowest BCUT2D eigenvalue weighted by atomic mass is 10.1. The zero-order valence-electron chi connectivity index (χ0n) is 10.1. The van der Waals surface area contributed by atoms with Gasteiger partial charge in [-0.05, 0) is 18.4 Å². The number of ether oxygens (including phenoxy) is 1. The lowest BCUT2D eigenvalue weighted by Crippen LogP contribution is -2.49. The van der Waals surface area contributed by atoms with Gasteiger partial charge in [0.05, 0.1) is 25.7 Å².